The molecule has 0 aliphatic carbocycles. The number of hydrogen-bond donors (Lipinski definition) is 2. The molecule has 0 aliphatic rings. The van der Waals surface area contributed by atoms with E-state index in [1.165, 1.54) is 14.0 Å². The van der Waals surface area contributed by atoms with Gasteiger partial charge in [-0.1, -0.05) is 26.8 Å². The van der Waals surface area contributed by atoms with Gasteiger partial charge >= 0.3 is 5.97 Å². The van der Waals surface area contributed by atoms with Crippen LogP contribution in [0.3, 0.4) is 0 Å². The lowest BCUT2D eigenvalue weighted by atomic mass is 9.87. The van der Waals surface area contributed by atoms with E-state index >= 15 is 0 Å². The molecule has 9 heteroatoms. The zero-order valence-electron chi connectivity index (χ0n) is 21.1. The van der Waals surface area contributed by atoms with E-state index in [0.29, 0.717) is 6.42 Å². The number of rotatable bonds is 15. The highest BCUT2D eigenvalue weighted by atomic mass is 127. The molecule has 0 radical (unpaired) electrons. The Hall–Kier alpha value is -2.30. The Morgan fingerprint density at radius 3 is 2.23 bits per heavy atom. The van der Waals surface area contributed by atoms with Crippen LogP contribution in [-0.2, 0) is 35.1 Å². The number of amides is 1. The smallest absolute Gasteiger partial charge is 0.306 e. The van der Waals surface area contributed by atoms with Gasteiger partial charge in [0.1, 0.15) is 17.3 Å². The normalized spacial score (nSPS) is 13.6. The molecule has 1 amide bonds. The predicted octanol–water partition coefficient (Wildman–Crippen LogP) is 3.78. The van der Waals surface area contributed by atoms with Crippen LogP contribution < -0.4 is 5.32 Å². The van der Waals surface area contributed by atoms with Gasteiger partial charge in [-0.05, 0) is 59.5 Å². The van der Waals surface area contributed by atoms with Gasteiger partial charge in [0.15, 0.2) is 5.78 Å². The molecule has 0 saturated carbocycles. The molecular weight excluding hydrogens is 565 g/mol. The van der Waals surface area contributed by atoms with Gasteiger partial charge in [0, 0.05) is 37.5 Å². The summed E-state index contributed by atoms with van der Waals surface area (Å²) in [6.07, 6.45) is 0.570. The van der Waals surface area contributed by atoms with E-state index in [1.54, 1.807) is 19.1 Å². The number of esters is 1. The number of phenols is 1. The first-order valence-corrected chi connectivity index (χ1v) is 12.9. The van der Waals surface area contributed by atoms with Gasteiger partial charge in [0.2, 0.25) is 5.91 Å². The zero-order valence-corrected chi connectivity index (χ0v) is 23.2. The van der Waals surface area contributed by atoms with Gasteiger partial charge in [-0.15, -0.1) is 0 Å². The van der Waals surface area contributed by atoms with Crippen molar-refractivity contribution >= 4 is 51.8 Å². The fourth-order valence-corrected chi connectivity index (χ4v) is 4.01. The molecule has 0 fully saturated rings. The molecule has 194 valence electrons. The Labute approximate surface area is 220 Å². The topological polar surface area (TPSA) is 127 Å². The number of benzene rings is 1. The Morgan fingerprint density at radius 1 is 1.03 bits per heavy atom. The van der Waals surface area contributed by atoms with E-state index in [2.05, 4.69) is 10.1 Å². The van der Waals surface area contributed by atoms with Crippen molar-refractivity contribution in [3.05, 3.63) is 27.3 Å². The van der Waals surface area contributed by atoms with E-state index < -0.39 is 29.8 Å². The van der Waals surface area contributed by atoms with Crippen molar-refractivity contribution in [3.8, 4) is 5.75 Å². The second-order valence-electron chi connectivity index (χ2n) is 9.08. The summed E-state index contributed by atoms with van der Waals surface area (Å²) in [6, 6.07) is 4.40. The number of ketones is 3. The van der Waals surface area contributed by atoms with Crippen LogP contribution in [0.5, 0.6) is 5.75 Å². The minimum atomic E-state index is -0.863. The molecule has 1 rings (SSSR count). The molecular formula is C26H36INO7. The summed E-state index contributed by atoms with van der Waals surface area (Å²) in [5.41, 5.74) is 0.837. The second kappa shape index (κ2) is 15.0. The van der Waals surface area contributed by atoms with Crippen LogP contribution in [0.1, 0.15) is 65.4 Å². The minimum absolute atomic E-state index is 0.0417. The van der Waals surface area contributed by atoms with Gasteiger partial charge in [-0.3, -0.25) is 24.0 Å². The fraction of sp³-hybridized carbons (Fsp3) is 0.577. The fourth-order valence-electron chi connectivity index (χ4n) is 3.67. The Kier molecular flexibility index (Phi) is 13.1. The monoisotopic (exact) mass is 601 g/mol. The van der Waals surface area contributed by atoms with Gasteiger partial charge in [0.25, 0.3) is 0 Å². The number of aryl methyl sites for hydroxylation is 1. The summed E-state index contributed by atoms with van der Waals surface area (Å²) in [6.45, 7) is 6.88. The van der Waals surface area contributed by atoms with Crippen LogP contribution in [-0.4, -0.2) is 47.5 Å². The molecule has 3 atom stereocenters. The summed E-state index contributed by atoms with van der Waals surface area (Å²) in [5.74, 6) is -2.97. The highest BCUT2D eigenvalue weighted by molar-refractivity contribution is 14.1. The largest absolute Gasteiger partial charge is 0.507 e. The zero-order chi connectivity index (χ0) is 26.7. The van der Waals surface area contributed by atoms with Crippen molar-refractivity contribution in [1.29, 1.82) is 0 Å². The highest BCUT2D eigenvalue weighted by Crippen LogP contribution is 2.23. The van der Waals surface area contributed by atoms with Crippen molar-refractivity contribution in [2.24, 2.45) is 17.8 Å². The standard InChI is InChI=1S/C26H36INO7/c1-6-22(30)18(13-25(33)35-5)12-23(31)16(4)28-26(34)20(15(2)3)14-19(29)9-7-17-8-10-21(27)24(32)11-17/h8,10-11,15-16,18,20,32H,6-7,9,12-14H2,1-5H3,(H,28,34). The lowest BCUT2D eigenvalue weighted by molar-refractivity contribution is -0.144. The van der Waals surface area contributed by atoms with E-state index in [-0.39, 0.29) is 61.1 Å². The molecule has 8 nitrogen and oxygen atoms in total. The van der Waals surface area contributed by atoms with E-state index in [4.69, 9.17) is 0 Å². The molecule has 0 saturated heterocycles. The maximum atomic E-state index is 12.9. The summed E-state index contributed by atoms with van der Waals surface area (Å²) in [7, 11) is 1.22. The van der Waals surface area contributed by atoms with E-state index in [9.17, 15) is 29.1 Å². The minimum Gasteiger partial charge on any atom is -0.507 e. The van der Waals surface area contributed by atoms with Crippen molar-refractivity contribution < 1.29 is 33.8 Å². The first-order valence-electron chi connectivity index (χ1n) is 11.8. The molecule has 0 heterocycles. The molecule has 0 bridgehead atoms. The average molecular weight is 601 g/mol. The lowest BCUT2D eigenvalue weighted by Gasteiger charge is -2.23. The predicted molar refractivity (Wildman–Crippen MR) is 140 cm³/mol. The molecule has 1 aromatic carbocycles. The Balaban J connectivity index is 2.71. The third kappa shape index (κ3) is 10.5. The quantitative estimate of drug-likeness (QED) is 0.232. The van der Waals surface area contributed by atoms with Gasteiger partial charge in [-0.25, -0.2) is 0 Å². The molecule has 0 aliphatic heterocycles. The molecule has 2 N–H and O–H groups in total. The number of carbonyl (C=O) groups is 5. The van der Waals surface area contributed by atoms with Gasteiger partial charge in [-0.2, -0.15) is 0 Å². The third-order valence-corrected chi connectivity index (χ3v) is 6.94. The van der Waals surface area contributed by atoms with Crippen molar-refractivity contribution in [3.63, 3.8) is 0 Å². The van der Waals surface area contributed by atoms with Crippen LogP contribution in [0.2, 0.25) is 0 Å². The van der Waals surface area contributed by atoms with Crippen molar-refractivity contribution in [2.75, 3.05) is 7.11 Å². The maximum absolute atomic E-state index is 12.9. The highest BCUT2D eigenvalue weighted by Gasteiger charge is 2.30. The first kappa shape index (κ1) is 30.7. The van der Waals surface area contributed by atoms with Crippen LogP contribution in [0.4, 0.5) is 0 Å². The van der Waals surface area contributed by atoms with E-state index in [0.717, 1.165) is 9.13 Å². The lowest BCUT2D eigenvalue weighted by Crippen LogP contribution is -2.44. The number of Topliss-reactive ketones (excluding diaryl/α,β-unsaturated/α-hetero) is 3. The van der Waals surface area contributed by atoms with Crippen LogP contribution in [0.25, 0.3) is 0 Å². The molecule has 0 aromatic heterocycles. The number of carbonyl (C=O) groups excluding carboxylic acids is 5. The second-order valence-corrected chi connectivity index (χ2v) is 10.2. The number of ether oxygens (including phenoxy) is 1. The number of methoxy groups -OCH3 is 1. The maximum Gasteiger partial charge on any atom is 0.306 e. The number of nitrogens with one attached hydrogen (secondary N) is 1. The van der Waals surface area contributed by atoms with Gasteiger partial charge < -0.3 is 15.2 Å². The molecule has 1 aromatic rings. The Morgan fingerprint density at radius 2 is 1.69 bits per heavy atom. The van der Waals surface area contributed by atoms with Crippen molar-refractivity contribution in [2.45, 2.75) is 72.3 Å². The molecule has 0 spiro atoms. The molecule has 35 heavy (non-hydrogen) atoms. The van der Waals surface area contributed by atoms with Crippen molar-refractivity contribution in [1.82, 2.24) is 5.32 Å². The third-order valence-electron chi connectivity index (χ3n) is 6.03. The summed E-state index contributed by atoms with van der Waals surface area (Å²) in [4.78, 5) is 62.0. The first-order chi connectivity index (χ1) is 16.4. The summed E-state index contributed by atoms with van der Waals surface area (Å²) >= 11 is 2.02. The summed E-state index contributed by atoms with van der Waals surface area (Å²) in [5, 5.41) is 12.5. The van der Waals surface area contributed by atoms with Crippen LogP contribution >= 0.6 is 22.6 Å². The van der Waals surface area contributed by atoms with E-state index in [1.807, 2.05) is 42.5 Å². The number of aromatic hydroxyl groups is 1. The summed E-state index contributed by atoms with van der Waals surface area (Å²) < 4.78 is 5.35. The molecule has 3 unspecified atom stereocenters. The van der Waals surface area contributed by atoms with Crippen LogP contribution in [0.15, 0.2) is 18.2 Å². The number of hydrogen-bond acceptors (Lipinski definition) is 7. The Bertz CT molecular complexity index is 928. The number of halogens is 1. The SMILES string of the molecule is CCC(=O)C(CC(=O)OC)CC(=O)C(C)NC(=O)C(CC(=O)CCc1ccc(I)c(O)c1)C(C)C. The van der Waals surface area contributed by atoms with Gasteiger partial charge in [0.05, 0.1) is 23.1 Å². The van der Waals surface area contributed by atoms with Crippen LogP contribution in [0, 0.1) is 21.3 Å². The average Bonchev–Trinajstić information content (AvgIpc) is 2.81. The number of phenolic OH excluding ortho intramolecular Hbond substituents is 1.